The van der Waals surface area contributed by atoms with Crippen LogP contribution in [0.2, 0.25) is 70.5 Å². The van der Waals surface area contributed by atoms with Crippen LogP contribution in [-0.4, -0.2) is 111 Å². The average Bonchev–Trinajstić information content (AvgIpc) is 1.58. The van der Waals surface area contributed by atoms with Gasteiger partial charge in [-0.05, 0) is 200 Å². The van der Waals surface area contributed by atoms with Crippen molar-refractivity contribution in [2.45, 2.75) is 338 Å². The summed E-state index contributed by atoms with van der Waals surface area (Å²) in [5, 5.41) is 11.3. The Balaban J connectivity index is 0.000000197. The molecule has 6 heterocycles. The van der Waals surface area contributed by atoms with Gasteiger partial charge in [-0.1, -0.05) is 218 Å². The SMILES string of the molecule is CC(C)OB1OC(C)(C)C(C)(C)O1.Cc1cc(B2OC(C)C(C)(C)O2)c(OC2CCCCO2)c(-n2c3cc([Si](C)(C(C)C)C(C)C)ccc3c3ccc([Si](C)(C(C)C)C(C)C)cc32)c1.Cc1ccc(OC2CCCCO2)c(-n2c3cc([Si](C)(C(C)C)C(C)C)ccc3c3ccc([Si](C)(C(C)C)C(C)C)cc32)c1. The van der Waals surface area contributed by atoms with Crippen LogP contribution in [0.5, 0.6) is 11.5 Å². The molecule has 4 aliphatic rings. The maximum atomic E-state index is 7.07. The molecule has 0 radical (unpaired) electrons. The van der Waals surface area contributed by atoms with Crippen LogP contribution in [0, 0.1) is 13.8 Å². The zero-order valence-electron chi connectivity index (χ0n) is 72.1. The third-order valence-electron chi connectivity index (χ3n) is 27.8. The van der Waals surface area contributed by atoms with Crippen LogP contribution >= 0.6 is 0 Å². The Morgan fingerprint density at radius 2 is 0.776 bits per heavy atom. The molecule has 0 spiro atoms. The Labute approximate surface area is 651 Å². The molecule has 2 aromatic heterocycles. The lowest BCUT2D eigenvalue weighted by Crippen LogP contribution is -2.50. The first-order valence-electron chi connectivity index (χ1n) is 41.3. The first-order chi connectivity index (χ1) is 49.9. The average molecular weight is 1530 g/mol. The number of aromatic nitrogens is 2. The van der Waals surface area contributed by atoms with Crippen molar-refractivity contribution in [1.82, 2.24) is 9.13 Å². The Morgan fingerprint density at radius 1 is 0.421 bits per heavy atom. The Bertz CT molecular complexity index is 4190. The van der Waals surface area contributed by atoms with E-state index in [1.165, 1.54) is 59.5 Å². The third kappa shape index (κ3) is 16.4. The summed E-state index contributed by atoms with van der Waals surface area (Å²) in [5.41, 5.74) is 14.6. The summed E-state index contributed by atoms with van der Waals surface area (Å²) in [6, 6.07) is 40.8. The van der Waals surface area contributed by atoms with E-state index in [1.54, 1.807) is 10.4 Å². The van der Waals surface area contributed by atoms with E-state index in [0.29, 0.717) is 50.9 Å². The highest BCUT2D eigenvalue weighted by Gasteiger charge is 2.53. The fraction of sp³-hybridized carbons (Fsp3) is 0.600. The summed E-state index contributed by atoms with van der Waals surface area (Å²) in [7, 11) is -8.29. The molecule has 6 aromatic carbocycles. The van der Waals surface area contributed by atoms with E-state index < -0.39 is 52.3 Å². The first kappa shape index (κ1) is 84.7. The third-order valence-corrected chi connectivity index (χ3v) is 53.2. The minimum atomic E-state index is -1.85. The van der Waals surface area contributed by atoms with Crippen molar-refractivity contribution >= 4 is 117 Å². The van der Waals surface area contributed by atoms with Crippen LogP contribution in [0.3, 0.4) is 0 Å². The van der Waals surface area contributed by atoms with Crippen molar-refractivity contribution in [2.24, 2.45) is 0 Å². The monoisotopic (exact) mass is 1520 g/mol. The van der Waals surface area contributed by atoms with Gasteiger partial charge < -0.3 is 51.4 Å². The van der Waals surface area contributed by atoms with Crippen LogP contribution in [0.1, 0.15) is 223 Å². The van der Waals surface area contributed by atoms with Gasteiger partial charge in [0.25, 0.3) is 0 Å². The summed E-state index contributed by atoms with van der Waals surface area (Å²) in [6.45, 7) is 73.3. The minimum absolute atomic E-state index is 0.0620. The van der Waals surface area contributed by atoms with Gasteiger partial charge in [-0.25, -0.2) is 0 Å². The van der Waals surface area contributed by atoms with Gasteiger partial charge in [0.1, 0.15) is 11.5 Å². The highest BCUT2D eigenvalue weighted by molar-refractivity contribution is 6.94. The lowest BCUT2D eigenvalue weighted by Gasteiger charge is -2.36. The molecule has 3 unspecified atom stereocenters. The summed E-state index contributed by atoms with van der Waals surface area (Å²) in [5.74, 6) is 1.71. The van der Waals surface area contributed by atoms with Crippen molar-refractivity contribution in [2.75, 3.05) is 13.2 Å². The highest BCUT2D eigenvalue weighted by atomic mass is 28.3. The Hall–Kier alpha value is -4.76. The molecule has 4 fully saturated rings. The molecule has 0 aliphatic carbocycles. The second-order valence-corrected chi connectivity index (χ2v) is 59.3. The first-order valence-corrected chi connectivity index (χ1v) is 51.9. The van der Waals surface area contributed by atoms with Crippen molar-refractivity contribution in [1.29, 1.82) is 0 Å². The largest absolute Gasteiger partial charge is 0.640 e. The topological polar surface area (TPSA) is 92.9 Å². The molecule has 0 saturated carbocycles. The van der Waals surface area contributed by atoms with Crippen molar-refractivity contribution in [3.8, 4) is 22.9 Å². The summed E-state index contributed by atoms with van der Waals surface area (Å²) in [4.78, 5) is 0. The minimum Gasteiger partial charge on any atom is -0.463 e. The molecule has 4 aliphatic heterocycles. The van der Waals surface area contributed by atoms with Gasteiger partial charge in [0.05, 0.1) is 102 Å². The normalized spacial score (nSPS) is 19.5. The molecule has 11 nitrogen and oxygen atoms in total. The van der Waals surface area contributed by atoms with Crippen LogP contribution in [0.25, 0.3) is 55.0 Å². The van der Waals surface area contributed by atoms with E-state index in [2.05, 4.69) is 284 Å². The van der Waals surface area contributed by atoms with E-state index in [4.69, 9.17) is 42.2 Å². The quantitative estimate of drug-likeness (QED) is 0.0652. The molecule has 3 atom stereocenters. The van der Waals surface area contributed by atoms with Crippen LogP contribution in [0.4, 0.5) is 0 Å². The lowest BCUT2D eigenvalue weighted by atomic mass is 9.77. The van der Waals surface area contributed by atoms with Crippen LogP contribution in [-0.2, 0) is 32.7 Å². The van der Waals surface area contributed by atoms with E-state index in [9.17, 15) is 0 Å². The van der Waals surface area contributed by atoms with Crippen LogP contribution < -0.4 is 35.7 Å². The summed E-state index contributed by atoms with van der Waals surface area (Å²) in [6.07, 6.45) is 5.76. The highest BCUT2D eigenvalue weighted by Crippen LogP contribution is 2.45. The lowest BCUT2D eigenvalue weighted by molar-refractivity contribution is -0.106. The molecule has 0 amide bonds. The van der Waals surface area contributed by atoms with Gasteiger partial charge in [-0.2, -0.15) is 0 Å². The molecule has 584 valence electrons. The molecular formula is C90H138B2N2O9Si4. The van der Waals surface area contributed by atoms with Gasteiger partial charge in [0.15, 0.2) is 12.6 Å². The van der Waals surface area contributed by atoms with Crippen LogP contribution in [0.15, 0.2) is 103 Å². The molecule has 0 N–H and O–H groups in total. The van der Waals surface area contributed by atoms with Gasteiger partial charge in [0, 0.05) is 46.0 Å². The van der Waals surface area contributed by atoms with Crippen molar-refractivity contribution < 1.29 is 42.2 Å². The predicted octanol–water partition coefficient (Wildman–Crippen LogP) is 22.3. The standard InChI is InChI=1S/C43H64BNO4Si2.C38H55NO2Si2.C9H19BO3/c1-27(2)50(13,28(3)4)33-18-20-35-36-21-19-34(51(14,29(5)6)30(7)8)26-39(36)45(38(35)25-33)40-24-31(9)23-37(44-48-32(10)43(11,12)49-44)42(40)47-41-17-15-16-22-46-41;1-25(2)42(10,26(3)4)30-16-18-32-33-19-17-31(43(11,27(5)6)28(7)8)24-35(33)39(34(32)23-30)36-22-29(9)15-20-37(36)41-38-14-12-13-21-40-38;1-7(2)11-10-12-8(3,4)9(5,6)13-10/h18-21,23-30,32,41H,15-17,22H2,1-14H3;15-20,22-28,38H,12-14,21H2,1-11H3;7H,1-6H3. The molecule has 17 heteroatoms. The number of hydrogen-bond acceptors (Lipinski definition) is 9. The molecular weight excluding hydrogens is 1390 g/mol. The molecule has 8 aromatic rings. The van der Waals surface area contributed by atoms with E-state index in [-0.39, 0.29) is 36.0 Å². The van der Waals surface area contributed by atoms with Gasteiger partial charge in [-0.3, -0.25) is 0 Å². The fourth-order valence-electron chi connectivity index (χ4n) is 17.2. The number of ether oxygens (including phenoxy) is 4. The second-order valence-electron chi connectivity index (χ2n) is 37.5. The summed E-state index contributed by atoms with van der Waals surface area (Å²) >= 11 is 0. The number of hydrogen-bond donors (Lipinski definition) is 0. The Morgan fingerprint density at radius 3 is 1.10 bits per heavy atom. The van der Waals surface area contributed by atoms with E-state index in [0.717, 1.165) is 79.0 Å². The number of fused-ring (bicyclic) bond motifs is 6. The predicted molar refractivity (Wildman–Crippen MR) is 469 cm³/mol. The number of aryl methyl sites for hydroxylation is 2. The van der Waals surface area contributed by atoms with E-state index >= 15 is 0 Å². The zero-order valence-corrected chi connectivity index (χ0v) is 76.1. The van der Waals surface area contributed by atoms with Gasteiger partial charge in [-0.15, -0.1) is 0 Å². The number of benzene rings is 6. The maximum Gasteiger partial charge on any atom is 0.640 e. The number of nitrogens with zero attached hydrogens (tertiary/aromatic N) is 2. The Kier molecular flexibility index (Phi) is 25.9. The number of rotatable bonds is 21. The second kappa shape index (κ2) is 32.7. The van der Waals surface area contributed by atoms with E-state index in [1.807, 2.05) is 41.5 Å². The zero-order chi connectivity index (χ0) is 78.7. The maximum absolute atomic E-state index is 7.07. The molecule has 12 rings (SSSR count). The van der Waals surface area contributed by atoms with Gasteiger partial charge in [0.2, 0.25) is 0 Å². The fourth-order valence-corrected chi connectivity index (χ4v) is 31.4. The molecule has 4 saturated heterocycles. The summed E-state index contributed by atoms with van der Waals surface area (Å²) < 4.78 is 61.1. The smallest absolute Gasteiger partial charge is 0.463 e. The van der Waals surface area contributed by atoms with Gasteiger partial charge >= 0.3 is 14.4 Å². The van der Waals surface area contributed by atoms with Crippen molar-refractivity contribution in [3.05, 3.63) is 114 Å². The van der Waals surface area contributed by atoms with Crippen molar-refractivity contribution in [3.63, 3.8) is 0 Å². The molecule has 107 heavy (non-hydrogen) atoms. The molecule has 0 bridgehead atoms.